The lowest BCUT2D eigenvalue weighted by Crippen LogP contribution is -2.29. The van der Waals surface area contributed by atoms with E-state index < -0.39 is 0 Å². The average molecular weight is 238 g/mol. The zero-order valence-corrected chi connectivity index (χ0v) is 10.7. The van der Waals surface area contributed by atoms with Crippen molar-refractivity contribution in [2.75, 3.05) is 45.4 Å². The second-order valence-corrected chi connectivity index (χ2v) is 3.82. The summed E-state index contributed by atoms with van der Waals surface area (Å²) in [4.78, 5) is 2.27. The number of methoxy groups -OCH3 is 2. The molecule has 0 saturated carbocycles. The van der Waals surface area contributed by atoms with Crippen LogP contribution in [0.5, 0.6) is 5.75 Å². The van der Waals surface area contributed by atoms with Gasteiger partial charge >= 0.3 is 0 Å². The van der Waals surface area contributed by atoms with Crippen LogP contribution in [0.15, 0.2) is 24.3 Å². The minimum absolute atomic E-state index is 0.708. The van der Waals surface area contributed by atoms with Crippen LogP contribution in [0.1, 0.15) is 6.42 Å². The Bertz CT molecular complexity index is 293. The van der Waals surface area contributed by atoms with Crippen molar-refractivity contribution >= 4 is 5.69 Å². The minimum Gasteiger partial charge on any atom is -0.497 e. The summed E-state index contributed by atoms with van der Waals surface area (Å²) in [6.45, 7) is 3.26. The first kappa shape index (κ1) is 13.8. The maximum atomic E-state index is 5.55. The van der Waals surface area contributed by atoms with Gasteiger partial charge in [0.2, 0.25) is 0 Å². The fraction of sp³-hybridized carbons (Fsp3) is 0.538. The SMILES string of the molecule is COCCN(CCCN)c1ccc(OC)cc1. The molecule has 0 fully saturated rings. The molecule has 0 unspecified atom stereocenters. The molecule has 0 aliphatic heterocycles. The molecule has 0 bridgehead atoms. The fourth-order valence-electron chi connectivity index (χ4n) is 1.65. The summed E-state index contributed by atoms with van der Waals surface area (Å²) in [6, 6.07) is 8.06. The maximum Gasteiger partial charge on any atom is 0.119 e. The van der Waals surface area contributed by atoms with E-state index in [0.29, 0.717) is 6.54 Å². The predicted octanol–water partition coefficient (Wildman–Crippen LogP) is 1.50. The number of hydrogen-bond donors (Lipinski definition) is 1. The van der Waals surface area contributed by atoms with Gasteiger partial charge < -0.3 is 20.1 Å². The van der Waals surface area contributed by atoms with Gasteiger partial charge in [-0.15, -0.1) is 0 Å². The zero-order valence-electron chi connectivity index (χ0n) is 10.7. The van der Waals surface area contributed by atoms with Crippen LogP contribution in [-0.4, -0.2) is 40.5 Å². The largest absolute Gasteiger partial charge is 0.497 e. The van der Waals surface area contributed by atoms with E-state index in [4.69, 9.17) is 15.2 Å². The van der Waals surface area contributed by atoms with E-state index in [9.17, 15) is 0 Å². The molecule has 1 aromatic carbocycles. The second-order valence-electron chi connectivity index (χ2n) is 3.82. The molecule has 1 aromatic rings. The van der Waals surface area contributed by atoms with Crippen molar-refractivity contribution in [3.8, 4) is 5.75 Å². The standard InChI is InChI=1S/C13H22N2O2/c1-16-11-10-15(9-3-8-14)12-4-6-13(17-2)7-5-12/h4-7H,3,8-11,14H2,1-2H3. The summed E-state index contributed by atoms with van der Waals surface area (Å²) in [5.74, 6) is 0.874. The number of hydrogen-bond acceptors (Lipinski definition) is 4. The molecular formula is C13H22N2O2. The summed E-state index contributed by atoms with van der Waals surface area (Å²) in [6.07, 6.45) is 0.982. The van der Waals surface area contributed by atoms with Crippen LogP contribution in [0, 0.1) is 0 Å². The summed E-state index contributed by atoms with van der Waals surface area (Å²) < 4.78 is 10.3. The van der Waals surface area contributed by atoms with Crippen molar-refractivity contribution in [2.45, 2.75) is 6.42 Å². The smallest absolute Gasteiger partial charge is 0.119 e. The summed E-state index contributed by atoms with van der Waals surface area (Å²) in [7, 11) is 3.39. The van der Waals surface area contributed by atoms with Crippen LogP contribution >= 0.6 is 0 Å². The highest BCUT2D eigenvalue weighted by Crippen LogP contribution is 2.19. The van der Waals surface area contributed by atoms with Crippen molar-refractivity contribution < 1.29 is 9.47 Å². The number of nitrogens with two attached hydrogens (primary N) is 1. The van der Waals surface area contributed by atoms with Gasteiger partial charge in [-0.3, -0.25) is 0 Å². The van der Waals surface area contributed by atoms with Gasteiger partial charge in [-0.2, -0.15) is 0 Å². The van der Waals surface area contributed by atoms with Crippen molar-refractivity contribution in [1.29, 1.82) is 0 Å². The van der Waals surface area contributed by atoms with Crippen molar-refractivity contribution in [2.24, 2.45) is 5.73 Å². The van der Waals surface area contributed by atoms with Gasteiger partial charge in [-0.25, -0.2) is 0 Å². The first-order valence-corrected chi connectivity index (χ1v) is 5.89. The molecule has 0 spiro atoms. The zero-order chi connectivity index (χ0) is 12.5. The van der Waals surface area contributed by atoms with Crippen LogP contribution in [0.25, 0.3) is 0 Å². The number of ether oxygens (including phenoxy) is 2. The quantitative estimate of drug-likeness (QED) is 0.745. The average Bonchev–Trinajstić information content (AvgIpc) is 2.39. The van der Waals surface area contributed by atoms with Crippen LogP contribution in [-0.2, 0) is 4.74 Å². The molecule has 17 heavy (non-hydrogen) atoms. The summed E-state index contributed by atoms with van der Waals surface area (Å²) in [5.41, 5.74) is 6.73. The van der Waals surface area contributed by atoms with Crippen LogP contribution in [0.2, 0.25) is 0 Å². The molecule has 0 saturated heterocycles. The topological polar surface area (TPSA) is 47.7 Å². The second kappa shape index (κ2) is 7.92. The molecule has 0 aliphatic carbocycles. The highest BCUT2D eigenvalue weighted by Gasteiger charge is 2.05. The van der Waals surface area contributed by atoms with Gasteiger partial charge in [0.15, 0.2) is 0 Å². The highest BCUT2D eigenvalue weighted by molar-refractivity contribution is 5.49. The molecule has 4 heteroatoms. The van der Waals surface area contributed by atoms with Gasteiger partial charge in [0.1, 0.15) is 5.75 Å². The lowest BCUT2D eigenvalue weighted by Gasteiger charge is -2.24. The van der Waals surface area contributed by atoms with E-state index >= 15 is 0 Å². The van der Waals surface area contributed by atoms with Gasteiger partial charge in [0.25, 0.3) is 0 Å². The Morgan fingerprint density at radius 1 is 1.12 bits per heavy atom. The Hall–Kier alpha value is -1.26. The van der Waals surface area contributed by atoms with E-state index in [2.05, 4.69) is 17.0 Å². The Morgan fingerprint density at radius 3 is 2.35 bits per heavy atom. The van der Waals surface area contributed by atoms with Gasteiger partial charge in [-0.05, 0) is 37.2 Å². The van der Waals surface area contributed by atoms with Gasteiger partial charge in [0.05, 0.1) is 13.7 Å². The predicted molar refractivity (Wildman–Crippen MR) is 70.8 cm³/mol. The number of rotatable bonds is 8. The molecule has 0 atom stereocenters. The molecule has 0 aromatic heterocycles. The third-order valence-corrected chi connectivity index (χ3v) is 2.64. The van der Waals surface area contributed by atoms with Crippen molar-refractivity contribution in [3.05, 3.63) is 24.3 Å². The number of benzene rings is 1. The molecular weight excluding hydrogens is 216 g/mol. The Kier molecular flexibility index (Phi) is 6.43. The first-order valence-electron chi connectivity index (χ1n) is 5.89. The van der Waals surface area contributed by atoms with E-state index in [1.807, 2.05) is 12.1 Å². The van der Waals surface area contributed by atoms with Crippen LogP contribution < -0.4 is 15.4 Å². The summed E-state index contributed by atoms with van der Waals surface area (Å²) >= 11 is 0. The van der Waals surface area contributed by atoms with E-state index in [1.54, 1.807) is 14.2 Å². The number of nitrogens with zero attached hydrogens (tertiary/aromatic N) is 1. The molecule has 0 radical (unpaired) electrons. The highest BCUT2D eigenvalue weighted by atomic mass is 16.5. The monoisotopic (exact) mass is 238 g/mol. The normalized spacial score (nSPS) is 10.3. The molecule has 0 heterocycles. The van der Waals surface area contributed by atoms with E-state index in [-0.39, 0.29) is 0 Å². The molecule has 96 valence electrons. The van der Waals surface area contributed by atoms with Crippen molar-refractivity contribution in [3.63, 3.8) is 0 Å². The van der Waals surface area contributed by atoms with Crippen LogP contribution in [0.3, 0.4) is 0 Å². The Morgan fingerprint density at radius 2 is 1.82 bits per heavy atom. The third-order valence-electron chi connectivity index (χ3n) is 2.64. The molecule has 4 nitrogen and oxygen atoms in total. The molecule has 1 rings (SSSR count). The fourth-order valence-corrected chi connectivity index (χ4v) is 1.65. The number of anilines is 1. The third kappa shape index (κ3) is 4.63. The molecule has 2 N–H and O–H groups in total. The lowest BCUT2D eigenvalue weighted by atomic mass is 10.2. The van der Waals surface area contributed by atoms with Gasteiger partial charge in [-0.1, -0.05) is 0 Å². The first-order chi connectivity index (χ1) is 8.31. The Balaban J connectivity index is 2.65. The maximum absolute atomic E-state index is 5.55. The Labute approximate surface area is 103 Å². The minimum atomic E-state index is 0.708. The molecule has 0 aliphatic rings. The van der Waals surface area contributed by atoms with Crippen molar-refractivity contribution in [1.82, 2.24) is 0 Å². The van der Waals surface area contributed by atoms with E-state index in [1.165, 1.54) is 5.69 Å². The van der Waals surface area contributed by atoms with Gasteiger partial charge in [0, 0.05) is 25.9 Å². The van der Waals surface area contributed by atoms with E-state index in [0.717, 1.165) is 31.9 Å². The van der Waals surface area contributed by atoms with Crippen LogP contribution in [0.4, 0.5) is 5.69 Å². The molecule has 0 amide bonds. The lowest BCUT2D eigenvalue weighted by molar-refractivity contribution is 0.205. The summed E-state index contributed by atoms with van der Waals surface area (Å²) in [5, 5.41) is 0.